The van der Waals surface area contributed by atoms with Crippen LogP contribution in [0.4, 0.5) is 0 Å². The molecular weight excluding hydrogens is 374 g/mol. The fourth-order valence-electron chi connectivity index (χ4n) is 3.94. The Bertz CT molecular complexity index is 799. The first-order valence-electron chi connectivity index (χ1n) is 10.5. The molecule has 2 aliphatic rings. The van der Waals surface area contributed by atoms with Gasteiger partial charge < -0.3 is 10.2 Å². The average molecular weight is 409 g/mol. The predicted molar refractivity (Wildman–Crippen MR) is 110 cm³/mol. The van der Waals surface area contributed by atoms with Gasteiger partial charge >= 0.3 is 0 Å². The summed E-state index contributed by atoms with van der Waals surface area (Å²) in [5.74, 6) is 0.444. The summed E-state index contributed by atoms with van der Waals surface area (Å²) in [6.45, 7) is 8.83. The Morgan fingerprint density at radius 3 is 2.39 bits per heavy atom. The quantitative estimate of drug-likeness (QED) is 0.725. The van der Waals surface area contributed by atoms with Gasteiger partial charge in [0, 0.05) is 6.04 Å². The van der Waals surface area contributed by atoms with Crippen molar-refractivity contribution in [1.29, 1.82) is 0 Å². The van der Waals surface area contributed by atoms with Crippen LogP contribution in [0.2, 0.25) is 0 Å². The van der Waals surface area contributed by atoms with Gasteiger partial charge in [-0.2, -0.15) is 4.31 Å². The number of sulfonamides is 1. The van der Waals surface area contributed by atoms with Crippen LogP contribution in [0.5, 0.6) is 0 Å². The van der Waals surface area contributed by atoms with Crippen LogP contribution in [0.15, 0.2) is 23.1 Å². The Morgan fingerprint density at radius 2 is 1.75 bits per heavy atom. The van der Waals surface area contributed by atoms with Crippen molar-refractivity contribution in [1.82, 2.24) is 9.62 Å². The fourth-order valence-corrected chi connectivity index (χ4v) is 5.43. The highest BCUT2D eigenvalue weighted by Crippen LogP contribution is 2.25. The molecule has 28 heavy (non-hydrogen) atoms. The van der Waals surface area contributed by atoms with Crippen molar-refractivity contribution >= 4 is 15.9 Å². The lowest BCUT2D eigenvalue weighted by atomic mass is 9.92. The molecule has 2 N–H and O–H groups in total. The molecule has 1 aliphatic heterocycles. The smallest absolute Gasteiger partial charge is 0.275 e. The highest BCUT2D eigenvalue weighted by Gasteiger charge is 2.31. The largest absolute Gasteiger partial charge is 0.348 e. The number of benzene rings is 1. The van der Waals surface area contributed by atoms with Gasteiger partial charge in [0.25, 0.3) is 5.91 Å². The lowest BCUT2D eigenvalue weighted by Crippen LogP contribution is -3.15. The molecule has 1 saturated heterocycles. The number of rotatable bonds is 6. The number of nitrogens with one attached hydrogen (secondary N) is 2. The van der Waals surface area contributed by atoms with Crippen LogP contribution in [0.1, 0.15) is 44.7 Å². The van der Waals surface area contributed by atoms with Crippen LogP contribution < -0.4 is 10.2 Å². The third-order valence-corrected chi connectivity index (χ3v) is 8.08. The van der Waals surface area contributed by atoms with Gasteiger partial charge in [-0.1, -0.05) is 19.9 Å². The van der Waals surface area contributed by atoms with Crippen LogP contribution in [0, 0.1) is 5.92 Å². The van der Waals surface area contributed by atoms with E-state index in [-0.39, 0.29) is 11.9 Å². The molecule has 0 bridgehead atoms. The third-order valence-electron chi connectivity index (χ3n) is 6.19. The van der Waals surface area contributed by atoms with E-state index >= 15 is 0 Å². The minimum atomic E-state index is -3.46. The Hall–Kier alpha value is -1.44. The van der Waals surface area contributed by atoms with E-state index in [1.807, 2.05) is 19.1 Å². The molecule has 1 aromatic carbocycles. The monoisotopic (exact) mass is 408 g/mol. The molecule has 1 aromatic rings. The van der Waals surface area contributed by atoms with Crippen molar-refractivity contribution < 1.29 is 18.1 Å². The number of hydrogen-bond acceptors (Lipinski definition) is 3. The number of nitrogens with zero attached hydrogens (tertiary/aromatic N) is 1. The second-order valence-corrected chi connectivity index (χ2v) is 10.5. The maximum atomic E-state index is 13.1. The maximum absolute atomic E-state index is 13.1. The van der Waals surface area contributed by atoms with Gasteiger partial charge in [0.15, 0.2) is 6.54 Å². The summed E-state index contributed by atoms with van der Waals surface area (Å²) in [7, 11) is -3.46. The van der Waals surface area contributed by atoms with E-state index in [1.54, 1.807) is 10.4 Å². The summed E-state index contributed by atoms with van der Waals surface area (Å²) in [6, 6.07) is 5.78. The fraction of sp³-hybridized carbons (Fsp3) is 0.667. The predicted octanol–water partition coefficient (Wildman–Crippen LogP) is 0.615. The summed E-state index contributed by atoms with van der Waals surface area (Å²) in [5, 5.41) is 3.03. The third kappa shape index (κ3) is 4.93. The zero-order valence-electron chi connectivity index (χ0n) is 17.3. The number of hydrogen-bond donors (Lipinski definition) is 2. The molecule has 6 nitrogen and oxygen atoms in total. The molecule has 1 atom stereocenters. The van der Waals surface area contributed by atoms with Gasteiger partial charge in [-0.05, 0) is 61.8 Å². The number of quaternary nitrogens is 1. The van der Waals surface area contributed by atoms with Crippen molar-refractivity contribution in [2.75, 3.05) is 32.7 Å². The molecule has 0 unspecified atom stereocenters. The lowest BCUT2D eigenvalue weighted by molar-refractivity contribution is -0.895. The summed E-state index contributed by atoms with van der Waals surface area (Å²) in [5.41, 5.74) is 2.48. The van der Waals surface area contributed by atoms with Crippen LogP contribution in [0.3, 0.4) is 0 Å². The standard InChI is InChI=1S/C21H33N3O3S/c1-16(2)17(3)22-21(25)15-23-10-12-24(13-11-23)28(26,27)20-9-8-18-6-4-5-7-19(18)14-20/h8-9,14,16-17H,4-7,10-13,15H2,1-3H3,(H,22,25)/p+1/t17-/m0/s1. The zero-order chi connectivity index (χ0) is 20.3. The van der Waals surface area contributed by atoms with E-state index in [0.29, 0.717) is 43.5 Å². The van der Waals surface area contributed by atoms with Crippen LogP contribution in [0.25, 0.3) is 0 Å². The van der Waals surface area contributed by atoms with E-state index in [1.165, 1.54) is 17.5 Å². The number of carbonyl (C=O) groups excluding carboxylic acids is 1. The molecule has 7 heteroatoms. The normalized spacial score (nSPS) is 20.0. The Kier molecular flexibility index (Phi) is 6.78. The Balaban J connectivity index is 1.57. The topological polar surface area (TPSA) is 70.9 Å². The number of aryl methyl sites for hydroxylation is 2. The van der Waals surface area contributed by atoms with Crippen LogP contribution in [-0.4, -0.2) is 57.4 Å². The van der Waals surface area contributed by atoms with Crippen molar-refractivity contribution in [3.05, 3.63) is 29.3 Å². The molecule has 0 aromatic heterocycles. The molecule has 0 radical (unpaired) electrons. The number of fused-ring (bicyclic) bond motifs is 1. The molecule has 1 aliphatic carbocycles. The SMILES string of the molecule is CC(C)[C@H](C)NC(=O)C[NH+]1CCN(S(=O)(=O)c2ccc3c(c2)CCCC3)CC1. The van der Waals surface area contributed by atoms with Gasteiger partial charge in [0.05, 0.1) is 31.1 Å². The molecule has 3 rings (SSSR count). The molecule has 1 fully saturated rings. The van der Waals surface area contributed by atoms with E-state index in [9.17, 15) is 13.2 Å². The minimum Gasteiger partial charge on any atom is -0.348 e. The van der Waals surface area contributed by atoms with Gasteiger partial charge in [-0.3, -0.25) is 4.79 Å². The first-order chi connectivity index (χ1) is 13.3. The summed E-state index contributed by atoms with van der Waals surface area (Å²) in [4.78, 5) is 13.8. The summed E-state index contributed by atoms with van der Waals surface area (Å²) < 4.78 is 27.7. The van der Waals surface area contributed by atoms with E-state index in [4.69, 9.17) is 0 Å². The number of piperazine rings is 1. The first-order valence-corrected chi connectivity index (χ1v) is 12.0. The molecule has 0 saturated carbocycles. The van der Waals surface area contributed by atoms with Gasteiger partial charge in [0.2, 0.25) is 10.0 Å². The molecule has 1 amide bonds. The number of amides is 1. The first kappa shape index (κ1) is 21.3. The van der Waals surface area contributed by atoms with Gasteiger partial charge in [-0.25, -0.2) is 8.42 Å². The molecular formula is C21H34N3O3S+. The molecule has 156 valence electrons. The van der Waals surface area contributed by atoms with Crippen molar-refractivity contribution in [2.24, 2.45) is 5.92 Å². The molecule has 1 heterocycles. The zero-order valence-corrected chi connectivity index (χ0v) is 18.1. The van der Waals surface area contributed by atoms with E-state index < -0.39 is 10.0 Å². The average Bonchev–Trinajstić information content (AvgIpc) is 2.67. The number of carbonyl (C=O) groups is 1. The maximum Gasteiger partial charge on any atom is 0.275 e. The highest BCUT2D eigenvalue weighted by molar-refractivity contribution is 7.89. The van der Waals surface area contributed by atoms with Gasteiger partial charge in [-0.15, -0.1) is 0 Å². The van der Waals surface area contributed by atoms with Crippen LogP contribution in [-0.2, 0) is 27.7 Å². The molecule has 0 spiro atoms. The second-order valence-electron chi connectivity index (χ2n) is 8.57. The Labute approximate surface area is 169 Å². The van der Waals surface area contributed by atoms with Crippen molar-refractivity contribution in [3.63, 3.8) is 0 Å². The van der Waals surface area contributed by atoms with E-state index in [2.05, 4.69) is 19.2 Å². The van der Waals surface area contributed by atoms with Crippen molar-refractivity contribution in [3.8, 4) is 0 Å². The van der Waals surface area contributed by atoms with Gasteiger partial charge in [0.1, 0.15) is 0 Å². The van der Waals surface area contributed by atoms with Crippen LogP contribution >= 0.6 is 0 Å². The lowest BCUT2D eigenvalue weighted by Gasteiger charge is -2.31. The Morgan fingerprint density at radius 1 is 1.11 bits per heavy atom. The van der Waals surface area contributed by atoms with Crippen molar-refractivity contribution in [2.45, 2.75) is 57.4 Å². The second kappa shape index (κ2) is 8.93. The summed E-state index contributed by atoms with van der Waals surface area (Å²) in [6.07, 6.45) is 4.35. The summed E-state index contributed by atoms with van der Waals surface area (Å²) >= 11 is 0. The van der Waals surface area contributed by atoms with E-state index in [0.717, 1.165) is 24.2 Å². The minimum absolute atomic E-state index is 0.0437. The highest BCUT2D eigenvalue weighted by atomic mass is 32.2.